The average Bonchev–Trinajstić information content (AvgIpc) is 2.29. The Morgan fingerprint density at radius 2 is 2.00 bits per heavy atom. The summed E-state index contributed by atoms with van der Waals surface area (Å²) in [6.07, 6.45) is 0.420. The quantitative estimate of drug-likeness (QED) is 0.703. The van der Waals surface area contributed by atoms with Gasteiger partial charge < -0.3 is 20.2 Å². The first-order chi connectivity index (χ1) is 7.57. The number of carbonyl (C=O) groups is 2. The highest BCUT2D eigenvalue weighted by Gasteiger charge is 2.28. The van der Waals surface area contributed by atoms with Crippen molar-refractivity contribution in [3.05, 3.63) is 0 Å². The Hall–Kier alpha value is -1.30. The Morgan fingerprint density at radius 3 is 2.44 bits per heavy atom. The molecule has 0 aromatic heterocycles. The highest BCUT2D eigenvalue weighted by atomic mass is 16.4. The van der Waals surface area contributed by atoms with Gasteiger partial charge in [-0.1, -0.05) is 6.92 Å². The van der Waals surface area contributed by atoms with E-state index >= 15 is 0 Å². The Kier molecular flexibility index (Phi) is 4.54. The summed E-state index contributed by atoms with van der Waals surface area (Å²) in [5.74, 6) is -0.950. The largest absolute Gasteiger partial charge is 0.480 e. The van der Waals surface area contributed by atoms with Crippen molar-refractivity contribution in [1.29, 1.82) is 0 Å². The van der Waals surface area contributed by atoms with Crippen LogP contribution in [0.1, 0.15) is 13.3 Å². The van der Waals surface area contributed by atoms with E-state index in [1.807, 2.05) is 0 Å². The fourth-order valence-electron chi connectivity index (χ4n) is 1.83. The summed E-state index contributed by atoms with van der Waals surface area (Å²) in [5, 5.41) is 12.1. The minimum absolute atomic E-state index is 0.198. The lowest BCUT2D eigenvalue weighted by molar-refractivity contribution is -0.142. The smallest absolute Gasteiger partial charge is 0.326 e. The van der Waals surface area contributed by atoms with Gasteiger partial charge in [0.1, 0.15) is 6.04 Å². The molecule has 1 rings (SSSR count). The molecule has 1 heterocycles. The highest BCUT2D eigenvalue weighted by Crippen LogP contribution is 2.07. The first-order valence-corrected chi connectivity index (χ1v) is 5.53. The summed E-state index contributed by atoms with van der Waals surface area (Å²) in [5.41, 5.74) is 0. The van der Waals surface area contributed by atoms with Gasteiger partial charge in [-0.2, -0.15) is 0 Å². The van der Waals surface area contributed by atoms with Crippen LogP contribution in [0.2, 0.25) is 0 Å². The average molecular weight is 229 g/mol. The highest BCUT2D eigenvalue weighted by molar-refractivity contribution is 5.82. The fraction of sp³-hybridized carbons (Fsp3) is 0.800. The number of hydrogen-bond donors (Lipinski definition) is 2. The number of urea groups is 1. The molecule has 0 aromatic rings. The van der Waals surface area contributed by atoms with Crippen LogP contribution in [0.3, 0.4) is 0 Å². The van der Waals surface area contributed by atoms with Gasteiger partial charge in [0.2, 0.25) is 0 Å². The number of hydrogen-bond acceptors (Lipinski definition) is 3. The number of carboxylic acids is 1. The number of carboxylic acid groups (broad SMARTS) is 1. The van der Waals surface area contributed by atoms with Crippen molar-refractivity contribution in [2.24, 2.45) is 0 Å². The van der Waals surface area contributed by atoms with Gasteiger partial charge in [0.15, 0.2) is 0 Å². The number of likely N-dealkylation sites (N-methyl/N-ethyl adjacent to an activating group) is 1. The molecular weight excluding hydrogens is 210 g/mol. The monoisotopic (exact) mass is 229 g/mol. The second-order valence-electron chi connectivity index (χ2n) is 3.89. The van der Waals surface area contributed by atoms with Crippen molar-refractivity contribution in [2.75, 3.05) is 33.2 Å². The van der Waals surface area contributed by atoms with E-state index in [2.05, 4.69) is 5.32 Å². The summed E-state index contributed by atoms with van der Waals surface area (Å²) >= 11 is 0. The zero-order chi connectivity index (χ0) is 12.1. The third-order valence-corrected chi connectivity index (χ3v) is 2.83. The number of nitrogens with zero attached hydrogens (tertiary/aromatic N) is 2. The molecule has 0 aliphatic carbocycles. The van der Waals surface area contributed by atoms with Crippen molar-refractivity contribution >= 4 is 12.0 Å². The Labute approximate surface area is 95.2 Å². The molecule has 92 valence electrons. The first kappa shape index (κ1) is 12.8. The molecule has 0 bridgehead atoms. The summed E-state index contributed by atoms with van der Waals surface area (Å²) in [7, 11) is 1.55. The number of amides is 2. The summed E-state index contributed by atoms with van der Waals surface area (Å²) in [6.45, 7) is 4.58. The van der Waals surface area contributed by atoms with Gasteiger partial charge in [-0.25, -0.2) is 9.59 Å². The third kappa shape index (κ3) is 2.85. The van der Waals surface area contributed by atoms with Crippen LogP contribution in [-0.4, -0.2) is 66.2 Å². The van der Waals surface area contributed by atoms with Crippen molar-refractivity contribution in [3.63, 3.8) is 0 Å². The lowest BCUT2D eigenvalue weighted by atomic mass is 10.2. The minimum atomic E-state index is -0.950. The lowest BCUT2D eigenvalue weighted by Gasteiger charge is -2.33. The molecule has 2 N–H and O–H groups in total. The fourth-order valence-corrected chi connectivity index (χ4v) is 1.83. The van der Waals surface area contributed by atoms with Gasteiger partial charge in [-0.15, -0.1) is 0 Å². The maximum Gasteiger partial charge on any atom is 0.326 e. The standard InChI is InChI=1S/C10H19N3O3/c1-3-8(9(14)15)12(2)10(16)13-6-4-11-5-7-13/h8,11H,3-7H2,1-2H3,(H,14,15). The van der Waals surface area contributed by atoms with Crippen LogP contribution in [0.4, 0.5) is 4.79 Å². The van der Waals surface area contributed by atoms with E-state index in [0.29, 0.717) is 19.5 Å². The first-order valence-electron chi connectivity index (χ1n) is 5.53. The second kappa shape index (κ2) is 5.69. The van der Waals surface area contributed by atoms with Crippen LogP contribution >= 0.6 is 0 Å². The molecule has 2 amide bonds. The van der Waals surface area contributed by atoms with Crippen molar-refractivity contribution in [2.45, 2.75) is 19.4 Å². The number of nitrogens with one attached hydrogen (secondary N) is 1. The molecule has 6 heteroatoms. The van der Waals surface area contributed by atoms with E-state index in [9.17, 15) is 9.59 Å². The summed E-state index contributed by atoms with van der Waals surface area (Å²) < 4.78 is 0. The van der Waals surface area contributed by atoms with Gasteiger partial charge in [-0.3, -0.25) is 0 Å². The maximum atomic E-state index is 12.0. The van der Waals surface area contributed by atoms with Crippen molar-refractivity contribution < 1.29 is 14.7 Å². The number of piperazine rings is 1. The van der Waals surface area contributed by atoms with Crippen LogP contribution in [0.15, 0.2) is 0 Å². The van der Waals surface area contributed by atoms with Gasteiger partial charge >= 0.3 is 12.0 Å². The van der Waals surface area contributed by atoms with Gasteiger partial charge in [0.05, 0.1) is 0 Å². The molecule has 0 saturated carbocycles. The van der Waals surface area contributed by atoms with Crippen LogP contribution < -0.4 is 5.32 Å². The number of carbonyl (C=O) groups excluding carboxylic acids is 1. The molecule has 16 heavy (non-hydrogen) atoms. The Bertz CT molecular complexity index is 264. The maximum absolute atomic E-state index is 12.0. The van der Waals surface area contributed by atoms with E-state index in [1.54, 1.807) is 18.9 Å². The number of aliphatic carboxylic acids is 1. The zero-order valence-electron chi connectivity index (χ0n) is 9.77. The SMILES string of the molecule is CCC(C(=O)O)N(C)C(=O)N1CCNCC1. The van der Waals surface area contributed by atoms with E-state index in [-0.39, 0.29) is 6.03 Å². The van der Waals surface area contributed by atoms with Crippen LogP contribution in [0, 0.1) is 0 Å². The second-order valence-corrected chi connectivity index (χ2v) is 3.89. The molecule has 1 fully saturated rings. The molecule has 1 atom stereocenters. The van der Waals surface area contributed by atoms with Crippen LogP contribution in [0.25, 0.3) is 0 Å². The molecule has 0 radical (unpaired) electrons. The van der Waals surface area contributed by atoms with Gasteiger partial charge in [-0.05, 0) is 6.42 Å². The minimum Gasteiger partial charge on any atom is -0.480 e. The van der Waals surface area contributed by atoms with E-state index < -0.39 is 12.0 Å². The van der Waals surface area contributed by atoms with Crippen LogP contribution in [0.5, 0.6) is 0 Å². The van der Waals surface area contributed by atoms with Gasteiger partial charge in [0.25, 0.3) is 0 Å². The molecule has 0 spiro atoms. The number of rotatable bonds is 3. The molecule has 1 aliphatic rings. The van der Waals surface area contributed by atoms with E-state index in [0.717, 1.165) is 13.1 Å². The van der Waals surface area contributed by atoms with Crippen LogP contribution in [-0.2, 0) is 4.79 Å². The van der Waals surface area contributed by atoms with Crippen molar-refractivity contribution in [1.82, 2.24) is 15.1 Å². The topological polar surface area (TPSA) is 72.9 Å². The normalized spacial score (nSPS) is 18.0. The lowest BCUT2D eigenvalue weighted by Crippen LogP contribution is -2.54. The summed E-state index contributed by atoms with van der Waals surface area (Å²) in [4.78, 5) is 25.9. The van der Waals surface area contributed by atoms with Gasteiger partial charge in [0, 0.05) is 33.2 Å². The molecular formula is C10H19N3O3. The molecule has 1 unspecified atom stereocenters. The zero-order valence-corrected chi connectivity index (χ0v) is 9.77. The predicted octanol–water partition coefficient (Wildman–Crippen LogP) is -0.193. The molecule has 1 saturated heterocycles. The Balaban J connectivity index is 2.60. The van der Waals surface area contributed by atoms with E-state index in [1.165, 1.54) is 4.90 Å². The van der Waals surface area contributed by atoms with E-state index in [4.69, 9.17) is 5.11 Å². The summed E-state index contributed by atoms with van der Waals surface area (Å²) in [6, 6.07) is -0.932. The van der Waals surface area contributed by atoms with Crippen molar-refractivity contribution in [3.8, 4) is 0 Å². The molecule has 1 aliphatic heterocycles. The third-order valence-electron chi connectivity index (χ3n) is 2.83. The Morgan fingerprint density at radius 1 is 1.44 bits per heavy atom. The predicted molar refractivity (Wildman–Crippen MR) is 59.3 cm³/mol. The molecule has 0 aromatic carbocycles. The molecule has 6 nitrogen and oxygen atoms in total.